The highest BCUT2D eigenvalue weighted by Crippen LogP contribution is 2.25. The predicted octanol–water partition coefficient (Wildman–Crippen LogP) is 4.08. The fourth-order valence-corrected chi connectivity index (χ4v) is 2.95. The molecule has 25 heavy (non-hydrogen) atoms. The monoisotopic (exact) mass is 338 g/mol. The summed E-state index contributed by atoms with van der Waals surface area (Å²) in [6, 6.07) is 10.4. The number of aromatic amines is 2. The summed E-state index contributed by atoms with van der Waals surface area (Å²) in [5.74, 6) is 0.0651. The van der Waals surface area contributed by atoms with Gasteiger partial charge >= 0.3 is 0 Å². The fraction of sp³-hybridized carbons (Fsp3) is 0.105. The Hall–Kier alpha value is -2.99. The van der Waals surface area contributed by atoms with Gasteiger partial charge in [0.05, 0.1) is 17.9 Å². The van der Waals surface area contributed by atoms with Gasteiger partial charge in [-0.25, -0.2) is 13.8 Å². The minimum absolute atomic E-state index is 0.279. The summed E-state index contributed by atoms with van der Waals surface area (Å²) in [6.07, 6.45) is 4.03. The molecule has 4 nitrogen and oxygen atoms in total. The minimum atomic E-state index is -0.364. The van der Waals surface area contributed by atoms with Crippen molar-refractivity contribution in [2.24, 2.45) is 5.73 Å². The van der Waals surface area contributed by atoms with Crippen molar-refractivity contribution >= 4 is 10.9 Å². The second-order valence-corrected chi connectivity index (χ2v) is 6.00. The van der Waals surface area contributed by atoms with Crippen molar-refractivity contribution in [1.82, 2.24) is 15.0 Å². The number of benzene rings is 2. The van der Waals surface area contributed by atoms with Crippen molar-refractivity contribution < 1.29 is 8.78 Å². The first kappa shape index (κ1) is 15.5. The average Bonchev–Trinajstić information content (AvgIpc) is 3.23. The Balaban J connectivity index is 1.57. The largest absolute Gasteiger partial charge is 0.361 e. The van der Waals surface area contributed by atoms with Gasteiger partial charge in [-0.05, 0) is 60.0 Å². The van der Waals surface area contributed by atoms with Crippen LogP contribution in [0.15, 0.2) is 54.9 Å². The number of nitrogens with one attached hydrogen (secondary N) is 2. The summed E-state index contributed by atoms with van der Waals surface area (Å²) >= 11 is 0. The van der Waals surface area contributed by atoms with E-state index in [4.69, 9.17) is 5.73 Å². The molecule has 4 aromatic rings. The number of nitrogens with zero attached hydrogens (tertiary/aromatic N) is 1. The molecule has 0 saturated heterocycles. The van der Waals surface area contributed by atoms with Crippen LogP contribution in [0.25, 0.3) is 22.2 Å². The van der Waals surface area contributed by atoms with E-state index in [1.807, 2.05) is 6.20 Å². The van der Waals surface area contributed by atoms with Crippen LogP contribution in [-0.4, -0.2) is 15.0 Å². The van der Waals surface area contributed by atoms with Crippen LogP contribution in [0.5, 0.6) is 0 Å². The molecule has 2 aromatic heterocycles. The molecule has 4 rings (SSSR count). The Morgan fingerprint density at radius 1 is 1.04 bits per heavy atom. The van der Waals surface area contributed by atoms with E-state index in [1.165, 1.54) is 24.3 Å². The van der Waals surface area contributed by atoms with Crippen LogP contribution in [0.3, 0.4) is 0 Å². The molecule has 0 aliphatic rings. The van der Waals surface area contributed by atoms with Gasteiger partial charge in [-0.1, -0.05) is 0 Å². The summed E-state index contributed by atoms with van der Waals surface area (Å²) in [6.45, 7) is 0. The van der Waals surface area contributed by atoms with Gasteiger partial charge < -0.3 is 15.7 Å². The van der Waals surface area contributed by atoms with Crippen LogP contribution in [0.4, 0.5) is 8.78 Å². The third-order valence-electron chi connectivity index (χ3n) is 4.27. The van der Waals surface area contributed by atoms with E-state index in [9.17, 15) is 8.78 Å². The van der Waals surface area contributed by atoms with Gasteiger partial charge in [0.1, 0.15) is 17.5 Å². The quantitative estimate of drug-likeness (QED) is 0.525. The van der Waals surface area contributed by atoms with Crippen molar-refractivity contribution in [3.05, 3.63) is 77.9 Å². The number of H-pyrrole nitrogens is 2. The molecule has 0 bridgehead atoms. The zero-order valence-corrected chi connectivity index (χ0v) is 13.3. The normalized spacial score (nSPS) is 12.6. The predicted molar refractivity (Wildman–Crippen MR) is 92.9 cm³/mol. The maximum atomic E-state index is 13.5. The molecule has 2 aromatic carbocycles. The van der Waals surface area contributed by atoms with Gasteiger partial charge in [-0.15, -0.1) is 0 Å². The zero-order valence-electron chi connectivity index (χ0n) is 13.3. The molecule has 2 heterocycles. The third-order valence-corrected chi connectivity index (χ3v) is 4.27. The minimum Gasteiger partial charge on any atom is -0.361 e. The number of hydrogen-bond acceptors (Lipinski definition) is 2. The van der Waals surface area contributed by atoms with Crippen molar-refractivity contribution in [1.29, 1.82) is 0 Å². The van der Waals surface area contributed by atoms with E-state index in [1.54, 1.807) is 24.4 Å². The fourth-order valence-electron chi connectivity index (χ4n) is 2.95. The Morgan fingerprint density at radius 3 is 2.60 bits per heavy atom. The number of aromatic nitrogens is 3. The molecular formula is C19H16F2N4. The summed E-state index contributed by atoms with van der Waals surface area (Å²) in [4.78, 5) is 10.6. The number of halogens is 2. The average molecular weight is 338 g/mol. The number of rotatable bonds is 4. The molecule has 0 unspecified atom stereocenters. The molecule has 0 fully saturated rings. The topological polar surface area (TPSA) is 70.5 Å². The van der Waals surface area contributed by atoms with Crippen LogP contribution in [0.2, 0.25) is 0 Å². The van der Waals surface area contributed by atoms with Crippen molar-refractivity contribution in [2.75, 3.05) is 0 Å². The van der Waals surface area contributed by atoms with Gasteiger partial charge in [-0.2, -0.15) is 0 Å². The summed E-state index contributed by atoms with van der Waals surface area (Å²) in [5, 5.41) is 0.820. The summed E-state index contributed by atoms with van der Waals surface area (Å²) in [5.41, 5.74) is 9.68. The Labute approximate surface area is 142 Å². The molecule has 0 radical (unpaired) electrons. The first-order chi connectivity index (χ1) is 12.1. The number of imidazole rings is 1. The van der Waals surface area contributed by atoms with Gasteiger partial charge in [-0.3, -0.25) is 0 Å². The Bertz CT molecular complexity index is 1020. The maximum Gasteiger partial charge on any atom is 0.123 e. The van der Waals surface area contributed by atoms with Crippen molar-refractivity contribution in [3.8, 4) is 11.3 Å². The molecule has 0 aliphatic carbocycles. The first-order valence-electron chi connectivity index (χ1n) is 7.92. The smallest absolute Gasteiger partial charge is 0.123 e. The highest BCUT2D eigenvalue weighted by Gasteiger charge is 2.15. The van der Waals surface area contributed by atoms with Crippen LogP contribution in [0, 0.1) is 11.6 Å². The molecular weight excluding hydrogens is 322 g/mol. The molecule has 0 saturated carbocycles. The first-order valence-corrected chi connectivity index (χ1v) is 7.92. The van der Waals surface area contributed by atoms with E-state index < -0.39 is 0 Å². The van der Waals surface area contributed by atoms with Gasteiger partial charge in [0.15, 0.2) is 0 Å². The van der Waals surface area contributed by atoms with Crippen LogP contribution < -0.4 is 5.73 Å². The lowest BCUT2D eigenvalue weighted by atomic mass is 10.1. The lowest BCUT2D eigenvalue weighted by Crippen LogP contribution is -2.14. The molecule has 126 valence electrons. The lowest BCUT2D eigenvalue weighted by molar-refractivity contribution is 0.628. The molecule has 0 amide bonds. The Kier molecular flexibility index (Phi) is 3.82. The van der Waals surface area contributed by atoms with Crippen LogP contribution >= 0.6 is 0 Å². The SMILES string of the molecule is N[C@H](Cc1c[nH]c2ccc(F)cc12)c1ncc(-c2ccc(F)cc2)[nH]1. The Morgan fingerprint density at radius 2 is 1.80 bits per heavy atom. The number of nitrogens with two attached hydrogens (primary N) is 1. The van der Waals surface area contributed by atoms with Crippen LogP contribution in [-0.2, 0) is 6.42 Å². The van der Waals surface area contributed by atoms with Crippen LogP contribution in [0.1, 0.15) is 17.4 Å². The number of hydrogen-bond donors (Lipinski definition) is 3. The summed E-state index contributed by atoms with van der Waals surface area (Å²) < 4.78 is 26.5. The van der Waals surface area contributed by atoms with Gasteiger partial charge in [0.25, 0.3) is 0 Å². The second kappa shape index (κ2) is 6.14. The highest BCUT2D eigenvalue weighted by molar-refractivity contribution is 5.83. The van der Waals surface area contributed by atoms with Crippen molar-refractivity contribution in [3.63, 3.8) is 0 Å². The van der Waals surface area contributed by atoms with Crippen molar-refractivity contribution in [2.45, 2.75) is 12.5 Å². The standard InChI is InChI=1S/C19H16F2N4/c20-13-3-1-11(2-4-13)18-10-24-19(25-18)16(22)7-12-9-23-17-6-5-14(21)8-15(12)17/h1-6,8-10,16,23H,7,22H2,(H,24,25)/t16-/m1/s1. The van der Waals surface area contributed by atoms with Gasteiger partial charge in [0, 0.05) is 17.1 Å². The molecule has 0 aliphatic heterocycles. The van der Waals surface area contributed by atoms with E-state index >= 15 is 0 Å². The summed E-state index contributed by atoms with van der Waals surface area (Å²) in [7, 11) is 0. The lowest BCUT2D eigenvalue weighted by Gasteiger charge is -2.08. The van der Waals surface area contributed by atoms with E-state index in [0.717, 1.165) is 27.7 Å². The maximum absolute atomic E-state index is 13.5. The zero-order chi connectivity index (χ0) is 17.4. The molecule has 6 heteroatoms. The highest BCUT2D eigenvalue weighted by atomic mass is 19.1. The second-order valence-electron chi connectivity index (χ2n) is 6.00. The molecule has 1 atom stereocenters. The van der Waals surface area contributed by atoms with E-state index in [-0.39, 0.29) is 17.7 Å². The van der Waals surface area contributed by atoms with Gasteiger partial charge in [0.2, 0.25) is 0 Å². The number of fused-ring (bicyclic) bond motifs is 1. The third kappa shape index (κ3) is 3.04. The van der Waals surface area contributed by atoms with E-state index in [0.29, 0.717) is 12.2 Å². The molecule has 0 spiro atoms. The van der Waals surface area contributed by atoms with E-state index in [2.05, 4.69) is 15.0 Å². The molecule has 4 N–H and O–H groups in total.